The second-order valence-electron chi connectivity index (χ2n) is 5.12. The largest absolute Gasteiger partial charge is 0.508 e. The Labute approximate surface area is 121 Å². The predicted molar refractivity (Wildman–Crippen MR) is 85.2 cm³/mol. The zero-order valence-electron chi connectivity index (χ0n) is 12.3. The van der Waals surface area contributed by atoms with E-state index in [-0.39, 0.29) is 6.04 Å². The highest BCUT2D eigenvalue weighted by molar-refractivity contribution is 5.50. The zero-order valence-corrected chi connectivity index (χ0v) is 12.3. The maximum absolute atomic E-state index is 10.1. The van der Waals surface area contributed by atoms with Crippen molar-refractivity contribution in [1.82, 2.24) is 0 Å². The van der Waals surface area contributed by atoms with E-state index in [1.54, 1.807) is 6.07 Å². The molecule has 0 fully saturated rings. The third-order valence-corrected chi connectivity index (χ3v) is 3.69. The number of para-hydroxylation sites is 2. The van der Waals surface area contributed by atoms with Crippen LogP contribution < -0.4 is 4.90 Å². The average Bonchev–Trinajstić information content (AvgIpc) is 2.49. The summed E-state index contributed by atoms with van der Waals surface area (Å²) in [4.78, 5) is 2.36. The Morgan fingerprint density at radius 3 is 2.30 bits per heavy atom. The minimum Gasteiger partial charge on any atom is -0.508 e. The number of phenols is 1. The van der Waals surface area contributed by atoms with Gasteiger partial charge in [-0.1, -0.05) is 49.7 Å². The van der Waals surface area contributed by atoms with Gasteiger partial charge in [-0.3, -0.25) is 0 Å². The van der Waals surface area contributed by atoms with Gasteiger partial charge in [0.1, 0.15) is 5.75 Å². The minimum absolute atomic E-state index is 0.158. The number of phenolic OH excluding ortho intramolecular Hbond substituents is 1. The molecule has 0 aliphatic heterocycles. The number of unbranched alkanes of at least 4 members (excludes halogenated alkanes) is 1. The molecule has 1 atom stereocenters. The number of hydrogen-bond donors (Lipinski definition) is 1. The molecule has 0 aromatic heterocycles. The van der Waals surface area contributed by atoms with E-state index in [0.29, 0.717) is 5.75 Å². The molecule has 2 rings (SSSR count). The van der Waals surface area contributed by atoms with Gasteiger partial charge in [-0.15, -0.1) is 0 Å². The van der Waals surface area contributed by atoms with Gasteiger partial charge in [0.2, 0.25) is 0 Å². The summed E-state index contributed by atoms with van der Waals surface area (Å²) in [5.41, 5.74) is 2.18. The first-order valence-electron chi connectivity index (χ1n) is 7.33. The van der Waals surface area contributed by atoms with E-state index in [4.69, 9.17) is 0 Å². The topological polar surface area (TPSA) is 23.5 Å². The number of anilines is 1. The fourth-order valence-electron chi connectivity index (χ4n) is 2.50. The van der Waals surface area contributed by atoms with Crippen LogP contribution in [0.4, 0.5) is 5.69 Å². The predicted octanol–water partition coefficient (Wildman–Crippen LogP) is 4.76. The summed E-state index contributed by atoms with van der Waals surface area (Å²) in [6.45, 7) is 5.35. The molecule has 1 N–H and O–H groups in total. The van der Waals surface area contributed by atoms with Crippen molar-refractivity contribution in [3.63, 3.8) is 0 Å². The van der Waals surface area contributed by atoms with E-state index in [2.05, 4.69) is 43.0 Å². The van der Waals surface area contributed by atoms with E-state index >= 15 is 0 Å². The molecule has 0 saturated heterocycles. The Morgan fingerprint density at radius 1 is 1.00 bits per heavy atom. The van der Waals surface area contributed by atoms with Crippen LogP contribution in [-0.2, 0) is 0 Å². The van der Waals surface area contributed by atoms with Crippen LogP contribution in [0, 0.1) is 0 Å². The van der Waals surface area contributed by atoms with Gasteiger partial charge in [-0.25, -0.2) is 0 Å². The first-order valence-corrected chi connectivity index (χ1v) is 7.33. The van der Waals surface area contributed by atoms with E-state index in [1.165, 1.54) is 5.69 Å². The van der Waals surface area contributed by atoms with Gasteiger partial charge < -0.3 is 10.0 Å². The number of benzene rings is 2. The van der Waals surface area contributed by atoms with Crippen molar-refractivity contribution in [3.05, 3.63) is 60.2 Å². The van der Waals surface area contributed by atoms with E-state index in [0.717, 1.165) is 24.9 Å². The molecule has 0 spiro atoms. The van der Waals surface area contributed by atoms with Gasteiger partial charge >= 0.3 is 0 Å². The standard InChI is InChI=1S/C18H23NO/c1-3-4-14-19(16-10-6-5-7-11-16)15(2)17-12-8-9-13-18(17)20/h5-13,15,20H,3-4,14H2,1-2H3. The molecule has 0 aliphatic rings. The fourth-order valence-corrected chi connectivity index (χ4v) is 2.50. The lowest BCUT2D eigenvalue weighted by Gasteiger charge is -2.32. The average molecular weight is 269 g/mol. The van der Waals surface area contributed by atoms with Gasteiger partial charge in [-0.2, -0.15) is 0 Å². The van der Waals surface area contributed by atoms with Crippen LogP contribution in [0.2, 0.25) is 0 Å². The molecule has 2 heteroatoms. The van der Waals surface area contributed by atoms with Crippen LogP contribution in [0.25, 0.3) is 0 Å². The Morgan fingerprint density at radius 2 is 1.65 bits per heavy atom. The van der Waals surface area contributed by atoms with Crippen LogP contribution in [0.1, 0.15) is 38.3 Å². The Bertz CT molecular complexity index is 524. The van der Waals surface area contributed by atoms with Crippen molar-refractivity contribution >= 4 is 5.69 Å². The third kappa shape index (κ3) is 3.32. The van der Waals surface area contributed by atoms with Gasteiger partial charge in [0.25, 0.3) is 0 Å². The quantitative estimate of drug-likeness (QED) is 0.817. The molecule has 2 aromatic carbocycles. The second-order valence-corrected chi connectivity index (χ2v) is 5.12. The minimum atomic E-state index is 0.158. The molecule has 0 heterocycles. The Kier molecular flexibility index (Phi) is 5.05. The zero-order chi connectivity index (χ0) is 14.4. The molecule has 1 unspecified atom stereocenters. The summed E-state index contributed by atoms with van der Waals surface area (Å²) in [7, 11) is 0. The molecular weight excluding hydrogens is 246 g/mol. The van der Waals surface area contributed by atoms with Crippen molar-refractivity contribution in [2.24, 2.45) is 0 Å². The van der Waals surface area contributed by atoms with Crippen LogP contribution >= 0.6 is 0 Å². The van der Waals surface area contributed by atoms with Crippen molar-refractivity contribution in [3.8, 4) is 5.75 Å². The van der Waals surface area contributed by atoms with Gasteiger partial charge in [0.15, 0.2) is 0 Å². The first-order chi connectivity index (χ1) is 9.74. The van der Waals surface area contributed by atoms with Crippen LogP contribution in [-0.4, -0.2) is 11.7 Å². The summed E-state index contributed by atoms with van der Waals surface area (Å²) < 4.78 is 0. The summed E-state index contributed by atoms with van der Waals surface area (Å²) >= 11 is 0. The molecule has 0 saturated carbocycles. The lowest BCUT2D eigenvalue weighted by molar-refractivity contribution is 0.460. The molecule has 0 amide bonds. The Hall–Kier alpha value is -1.96. The molecule has 0 radical (unpaired) electrons. The van der Waals surface area contributed by atoms with E-state index in [1.807, 2.05) is 24.3 Å². The SMILES string of the molecule is CCCCN(c1ccccc1)C(C)c1ccccc1O. The summed E-state index contributed by atoms with van der Waals surface area (Å²) in [5.74, 6) is 0.373. The number of nitrogens with zero attached hydrogens (tertiary/aromatic N) is 1. The van der Waals surface area contributed by atoms with Crippen molar-refractivity contribution in [1.29, 1.82) is 0 Å². The summed E-state index contributed by atoms with van der Waals surface area (Å²) in [6.07, 6.45) is 2.31. The molecule has 2 nitrogen and oxygen atoms in total. The van der Waals surface area contributed by atoms with Gasteiger partial charge in [0.05, 0.1) is 6.04 Å². The van der Waals surface area contributed by atoms with Crippen LogP contribution in [0.15, 0.2) is 54.6 Å². The molecule has 0 bridgehead atoms. The van der Waals surface area contributed by atoms with Crippen LogP contribution in [0.3, 0.4) is 0 Å². The molecule has 0 aliphatic carbocycles. The maximum Gasteiger partial charge on any atom is 0.120 e. The van der Waals surface area contributed by atoms with Crippen LogP contribution in [0.5, 0.6) is 5.75 Å². The molecule has 106 valence electrons. The second kappa shape index (κ2) is 6.99. The van der Waals surface area contributed by atoms with E-state index < -0.39 is 0 Å². The molecular formula is C18H23NO. The number of hydrogen-bond acceptors (Lipinski definition) is 2. The normalized spacial score (nSPS) is 12.1. The van der Waals surface area contributed by atoms with Crippen molar-refractivity contribution in [2.45, 2.75) is 32.7 Å². The van der Waals surface area contributed by atoms with E-state index in [9.17, 15) is 5.11 Å². The van der Waals surface area contributed by atoms with Crippen molar-refractivity contribution < 1.29 is 5.11 Å². The fraction of sp³-hybridized carbons (Fsp3) is 0.333. The number of aromatic hydroxyl groups is 1. The lowest BCUT2D eigenvalue weighted by Crippen LogP contribution is -2.27. The Balaban J connectivity index is 2.29. The van der Waals surface area contributed by atoms with Gasteiger partial charge in [0, 0.05) is 17.8 Å². The monoisotopic (exact) mass is 269 g/mol. The molecule has 20 heavy (non-hydrogen) atoms. The highest BCUT2D eigenvalue weighted by atomic mass is 16.3. The molecule has 2 aromatic rings. The highest BCUT2D eigenvalue weighted by Gasteiger charge is 2.18. The highest BCUT2D eigenvalue weighted by Crippen LogP contribution is 2.31. The first kappa shape index (κ1) is 14.4. The smallest absolute Gasteiger partial charge is 0.120 e. The summed E-state index contributed by atoms with van der Waals surface area (Å²) in [6, 6.07) is 18.2. The van der Waals surface area contributed by atoms with Crippen molar-refractivity contribution in [2.75, 3.05) is 11.4 Å². The maximum atomic E-state index is 10.1. The number of rotatable bonds is 6. The van der Waals surface area contributed by atoms with Gasteiger partial charge in [-0.05, 0) is 31.5 Å². The lowest BCUT2D eigenvalue weighted by atomic mass is 10.0. The third-order valence-electron chi connectivity index (χ3n) is 3.69. The summed E-state index contributed by atoms with van der Waals surface area (Å²) in [5, 5.41) is 10.1.